The van der Waals surface area contributed by atoms with Crippen LogP contribution in [0.1, 0.15) is 36.5 Å². The SMILES string of the molecule is C[C@@H]1CCN(C(=O)c2cccc(NC(=O)[C@@H]3CCCO3)c2)c2ccccc2S1. The number of carbonyl (C=O) groups is 2. The van der Waals surface area contributed by atoms with Crippen molar-refractivity contribution >= 4 is 35.0 Å². The molecule has 0 bridgehead atoms. The molecule has 0 unspecified atom stereocenters. The van der Waals surface area contributed by atoms with E-state index in [0.29, 0.717) is 29.7 Å². The molecular formula is C22H24N2O3S. The zero-order valence-electron chi connectivity index (χ0n) is 15.9. The van der Waals surface area contributed by atoms with Gasteiger partial charge < -0.3 is 15.0 Å². The molecule has 4 rings (SSSR count). The van der Waals surface area contributed by atoms with Crippen LogP contribution in [-0.4, -0.2) is 36.3 Å². The van der Waals surface area contributed by atoms with Crippen LogP contribution < -0.4 is 10.2 Å². The molecule has 0 aliphatic carbocycles. The maximum atomic E-state index is 13.3. The monoisotopic (exact) mass is 396 g/mol. The highest BCUT2D eigenvalue weighted by atomic mass is 32.2. The Morgan fingerprint density at radius 3 is 2.82 bits per heavy atom. The molecular weight excluding hydrogens is 372 g/mol. The molecule has 2 heterocycles. The average molecular weight is 397 g/mol. The van der Waals surface area contributed by atoms with Crippen molar-refractivity contribution in [3.8, 4) is 0 Å². The third-order valence-corrected chi connectivity index (χ3v) is 6.32. The fourth-order valence-corrected chi connectivity index (χ4v) is 4.70. The van der Waals surface area contributed by atoms with Gasteiger partial charge in [0.05, 0.1) is 5.69 Å². The van der Waals surface area contributed by atoms with Crippen molar-refractivity contribution in [2.75, 3.05) is 23.4 Å². The van der Waals surface area contributed by atoms with Crippen molar-refractivity contribution in [1.29, 1.82) is 0 Å². The van der Waals surface area contributed by atoms with E-state index >= 15 is 0 Å². The van der Waals surface area contributed by atoms with Gasteiger partial charge in [-0.1, -0.05) is 25.1 Å². The summed E-state index contributed by atoms with van der Waals surface area (Å²) in [5.74, 6) is -0.192. The first-order valence-corrected chi connectivity index (χ1v) is 10.6. The van der Waals surface area contributed by atoms with Crippen LogP contribution >= 0.6 is 11.8 Å². The Labute approximate surface area is 169 Å². The summed E-state index contributed by atoms with van der Waals surface area (Å²) in [4.78, 5) is 28.6. The molecule has 2 aliphatic heterocycles. The van der Waals surface area contributed by atoms with E-state index in [4.69, 9.17) is 4.74 Å². The second kappa shape index (κ2) is 8.37. The number of carbonyl (C=O) groups excluding carboxylic acids is 2. The normalized spacial score (nSPS) is 21.7. The molecule has 6 heteroatoms. The number of hydrogen-bond donors (Lipinski definition) is 1. The maximum absolute atomic E-state index is 13.3. The Kier molecular flexibility index (Phi) is 5.69. The summed E-state index contributed by atoms with van der Waals surface area (Å²) in [5, 5.41) is 3.34. The number of ether oxygens (including phenoxy) is 1. The number of para-hydroxylation sites is 1. The van der Waals surface area contributed by atoms with Gasteiger partial charge in [-0.15, -0.1) is 11.8 Å². The van der Waals surface area contributed by atoms with E-state index in [1.807, 2.05) is 34.9 Å². The first kappa shape index (κ1) is 19.0. The lowest BCUT2D eigenvalue weighted by molar-refractivity contribution is -0.124. The Hall–Kier alpha value is -2.31. The van der Waals surface area contributed by atoms with E-state index in [-0.39, 0.29) is 11.8 Å². The Morgan fingerprint density at radius 2 is 2.00 bits per heavy atom. The molecule has 2 aromatic rings. The highest BCUT2D eigenvalue weighted by Gasteiger charge is 2.26. The summed E-state index contributed by atoms with van der Waals surface area (Å²) in [6.45, 7) is 3.49. The smallest absolute Gasteiger partial charge is 0.258 e. The van der Waals surface area contributed by atoms with Crippen molar-refractivity contribution in [3.05, 3.63) is 54.1 Å². The average Bonchev–Trinajstić information content (AvgIpc) is 3.18. The molecule has 0 spiro atoms. The quantitative estimate of drug-likeness (QED) is 0.839. The van der Waals surface area contributed by atoms with Crippen LogP contribution in [0.4, 0.5) is 11.4 Å². The standard InChI is InChI=1S/C22H24N2O3S/c1-15-11-12-24(18-8-2-3-10-20(18)28-15)22(26)16-6-4-7-17(14-16)23-21(25)19-9-5-13-27-19/h2-4,6-8,10,14-15,19H,5,9,11-13H2,1H3,(H,23,25)/t15-,19+/m1/s1. The molecule has 1 saturated heterocycles. The van der Waals surface area contributed by atoms with Gasteiger partial charge in [0.1, 0.15) is 6.10 Å². The molecule has 2 aliphatic rings. The fraction of sp³-hybridized carbons (Fsp3) is 0.364. The summed E-state index contributed by atoms with van der Waals surface area (Å²) in [6.07, 6.45) is 2.18. The number of nitrogens with zero attached hydrogens (tertiary/aromatic N) is 1. The Balaban J connectivity index is 1.56. The van der Waals surface area contributed by atoms with Crippen LogP contribution in [-0.2, 0) is 9.53 Å². The molecule has 2 aromatic carbocycles. The molecule has 1 fully saturated rings. The Bertz CT molecular complexity index is 880. The number of benzene rings is 2. The third-order valence-electron chi connectivity index (χ3n) is 5.09. The van der Waals surface area contributed by atoms with E-state index in [0.717, 1.165) is 29.8 Å². The highest BCUT2D eigenvalue weighted by molar-refractivity contribution is 8.00. The lowest BCUT2D eigenvalue weighted by Crippen LogP contribution is -2.32. The van der Waals surface area contributed by atoms with E-state index in [9.17, 15) is 9.59 Å². The number of thioether (sulfide) groups is 1. The molecule has 2 atom stereocenters. The molecule has 5 nitrogen and oxygen atoms in total. The van der Waals surface area contributed by atoms with Crippen LogP contribution in [0, 0.1) is 0 Å². The van der Waals surface area contributed by atoms with E-state index in [1.165, 1.54) is 0 Å². The second-order valence-corrected chi connectivity index (χ2v) is 8.69. The van der Waals surface area contributed by atoms with Gasteiger partial charge in [-0.25, -0.2) is 0 Å². The zero-order chi connectivity index (χ0) is 19.5. The number of hydrogen-bond acceptors (Lipinski definition) is 4. The van der Waals surface area contributed by atoms with Crippen molar-refractivity contribution < 1.29 is 14.3 Å². The van der Waals surface area contributed by atoms with E-state index in [1.54, 1.807) is 24.3 Å². The summed E-state index contributed by atoms with van der Waals surface area (Å²) >= 11 is 1.81. The zero-order valence-corrected chi connectivity index (χ0v) is 16.7. The Morgan fingerprint density at radius 1 is 1.14 bits per heavy atom. The van der Waals surface area contributed by atoms with E-state index in [2.05, 4.69) is 18.3 Å². The topological polar surface area (TPSA) is 58.6 Å². The summed E-state index contributed by atoms with van der Waals surface area (Å²) in [6, 6.07) is 15.2. The number of nitrogens with one attached hydrogen (secondary N) is 1. The number of amides is 2. The van der Waals surface area contributed by atoms with Crippen molar-refractivity contribution in [2.24, 2.45) is 0 Å². The summed E-state index contributed by atoms with van der Waals surface area (Å²) in [7, 11) is 0. The first-order chi connectivity index (χ1) is 13.6. The van der Waals surface area contributed by atoms with Crippen molar-refractivity contribution in [1.82, 2.24) is 0 Å². The molecule has 0 radical (unpaired) electrons. The van der Waals surface area contributed by atoms with Crippen LogP contribution in [0.15, 0.2) is 53.4 Å². The van der Waals surface area contributed by atoms with Gasteiger partial charge >= 0.3 is 0 Å². The van der Waals surface area contributed by atoms with Gasteiger partial charge in [0.15, 0.2) is 0 Å². The van der Waals surface area contributed by atoms with Gasteiger partial charge in [-0.3, -0.25) is 9.59 Å². The molecule has 28 heavy (non-hydrogen) atoms. The third kappa shape index (κ3) is 4.08. The first-order valence-electron chi connectivity index (χ1n) is 9.72. The van der Waals surface area contributed by atoms with Gasteiger partial charge in [0.2, 0.25) is 0 Å². The van der Waals surface area contributed by atoms with Crippen molar-refractivity contribution in [3.63, 3.8) is 0 Å². The highest BCUT2D eigenvalue weighted by Crippen LogP contribution is 2.37. The number of fused-ring (bicyclic) bond motifs is 1. The maximum Gasteiger partial charge on any atom is 0.258 e. The fourth-order valence-electron chi connectivity index (χ4n) is 3.59. The summed E-state index contributed by atoms with van der Waals surface area (Å²) in [5.41, 5.74) is 2.15. The molecule has 146 valence electrons. The van der Waals surface area contributed by atoms with Crippen LogP contribution in [0.3, 0.4) is 0 Å². The lowest BCUT2D eigenvalue weighted by Gasteiger charge is -2.23. The lowest BCUT2D eigenvalue weighted by atomic mass is 10.1. The van der Waals surface area contributed by atoms with Gasteiger partial charge in [-0.05, 0) is 49.6 Å². The van der Waals surface area contributed by atoms with Gasteiger partial charge in [0.25, 0.3) is 11.8 Å². The number of rotatable bonds is 3. The largest absolute Gasteiger partial charge is 0.368 e. The second-order valence-electron chi connectivity index (χ2n) is 7.21. The predicted octanol–water partition coefficient (Wildman–Crippen LogP) is 4.34. The predicted molar refractivity (Wildman–Crippen MR) is 112 cm³/mol. The minimum atomic E-state index is -0.393. The van der Waals surface area contributed by atoms with Gasteiger partial charge in [0, 0.05) is 34.5 Å². The van der Waals surface area contributed by atoms with Crippen LogP contribution in [0.2, 0.25) is 0 Å². The van der Waals surface area contributed by atoms with Crippen molar-refractivity contribution in [2.45, 2.75) is 42.4 Å². The summed E-state index contributed by atoms with van der Waals surface area (Å²) < 4.78 is 5.43. The molecule has 1 N–H and O–H groups in total. The molecule has 0 saturated carbocycles. The van der Waals surface area contributed by atoms with Crippen LogP contribution in [0.5, 0.6) is 0 Å². The minimum absolute atomic E-state index is 0.0460. The van der Waals surface area contributed by atoms with Gasteiger partial charge in [-0.2, -0.15) is 0 Å². The van der Waals surface area contributed by atoms with E-state index < -0.39 is 6.10 Å². The molecule has 0 aromatic heterocycles. The molecule has 2 amide bonds. The van der Waals surface area contributed by atoms with Crippen LogP contribution in [0.25, 0.3) is 0 Å². The minimum Gasteiger partial charge on any atom is -0.368 e. The number of anilines is 2.